The largest absolute Gasteiger partial charge is 0.409 e. The predicted octanol–water partition coefficient (Wildman–Crippen LogP) is 2.32. The molecule has 0 saturated heterocycles. The second kappa shape index (κ2) is 7.39. The summed E-state index contributed by atoms with van der Waals surface area (Å²) in [7, 11) is -3.60. The molecule has 0 bridgehead atoms. The van der Waals surface area contributed by atoms with Crippen molar-refractivity contribution in [2.75, 3.05) is 6.54 Å². The fourth-order valence-corrected chi connectivity index (χ4v) is 4.19. The van der Waals surface area contributed by atoms with Crippen LogP contribution >= 0.6 is 31.9 Å². The molecule has 1 rings (SSSR count). The molecule has 9 heteroatoms. The number of aryl methyl sites for hydroxylation is 1. The van der Waals surface area contributed by atoms with E-state index in [1.165, 1.54) is 0 Å². The van der Waals surface area contributed by atoms with Crippen LogP contribution in [0.4, 0.5) is 0 Å². The molecule has 0 unspecified atom stereocenters. The summed E-state index contributed by atoms with van der Waals surface area (Å²) in [6.07, 6.45) is 0.761. The molecule has 0 amide bonds. The van der Waals surface area contributed by atoms with Crippen LogP contribution in [0.1, 0.15) is 18.4 Å². The zero-order valence-corrected chi connectivity index (χ0v) is 14.7. The van der Waals surface area contributed by atoms with E-state index in [0.29, 0.717) is 17.3 Å². The minimum absolute atomic E-state index is 0.0726. The van der Waals surface area contributed by atoms with Gasteiger partial charge in [-0.2, -0.15) is 0 Å². The Hall–Kier alpha value is -0.640. The Kier molecular flexibility index (Phi) is 6.44. The van der Waals surface area contributed by atoms with Crippen LogP contribution in [0, 0.1) is 6.92 Å². The van der Waals surface area contributed by atoms with Crippen molar-refractivity contribution in [2.24, 2.45) is 10.9 Å². The molecule has 0 aliphatic heterocycles. The first kappa shape index (κ1) is 17.4. The van der Waals surface area contributed by atoms with Gasteiger partial charge in [-0.25, -0.2) is 13.1 Å². The zero-order valence-electron chi connectivity index (χ0n) is 10.7. The van der Waals surface area contributed by atoms with Gasteiger partial charge >= 0.3 is 0 Å². The van der Waals surface area contributed by atoms with Gasteiger partial charge in [-0.1, -0.05) is 21.1 Å². The fraction of sp³-hybridized carbons (Fsp3) is 0.364. The minimum Gasteiger partial charge on any atom is -0.409 e. The van der Waals surface area contributed by atoms with Crippen LogP contribution in [0.15, 0.2) is 31.1 Å². The van der Waals surface area contributed by atoms with E-state index in [2.05, 4.69) is 41.7 Å². The summed E-state index contributed by atoms with van der Waals surface area (Å²) in [5, 5.41) is 11.2. The van der Waals surface area contributed by atoms with Gasteiger partial charge in [0.15, 0.2) is 0 Å². The number of amidine groups is 1. The van der Waals surface area contributed by atoms with Crippen molar-refractivity contribution in [1.82, 2.24) is 4.72 Å². The summed E-state index contributed by atoms with van der Waals surface area (Å²) in [4.78, 5) is 0.166. The van der Waals surface area contributed by atoms with E-state index >= 15 is 0 Å². The van der Waals surface area contributed by atoms with Crippen LogP contribution in [0.2, 0.25) is 0 Å². The van der Waals surface area contributed by atoms with Crippen molar-refractivity contribution in [3.8, 4) is 0 Å². The van der Waals surface area contributed by atoms with Crippen molar-refractivity contribution in [3.63, 3.8) is 0 Å². The maximum atomic E-state index is 12.2. The zero-order chi connectivity index (χ0) is 15.3. The summed E-state index contributed by atoms with van der Waals surface area (Å²) in [6, 6.07) is 3.28. The van der Waals surface area contributed by atoms with E-state index in [1.807, 2.05) is 6.92 Å². The highest BCUT2D eigenvalue weighted by Gasteiger charge is 2.18. The fourth-order valence-electron chi connectivity index (χ4n) is 1.44. The molecule has 1 aromatic rings. The average molecular weight is 429 g/mol. The van der Waals surface area contributed by atoms with Gasteiger partial charge in [-0.3, -0.25) is 0 Å². The van der Waals surface area contributed by atoms with E-state index in [-0.39, 0.29) is 17.3 Å². The summed E-state index contributed by atoms with van der Waals surface area (Å²) >= 11 is 6.56. The van der Waals surface area contributed by atoms with Gasteiger partial charge in [0.1, 0.15) is 5.84 Å². The average Bonchev–Trinajstić information content (AvgIpc) is 2.38. The van der Waals surface area contributed by atoms with Crippen LogP contribution in [0.5, 0.6) is 0 Å². The lowest BCUT2D eigenvalue weighted by molar-refractivity contribution is 0.316. The topological polar surface area (TPSA) is 105 Å². The van der Waals surface area contributed by atoms with Crippen molar-refractivity contribution in [3.05, 3.63) is 26.6 Å². The molecule has 112 valence electrons. The van der Waals surface area contributed by atoms with Crippen molar-refractivity contribution < 1.29 is 13.6 Å². The van der Waals surface area contributed by atoms with Gasteiger partial charge in [0, 0.05) is 21.9 Å². The molecule has 0 fully saturated rings. The van der Waals surface area contributed by atoms with Gasteiger partial charge in [0.05, 0.1) is 4.90 Å². The van der Waals surface area contributed by atoms with Crippen LogP contribution in [-0.2, 0) is 10.0 Å². The highest BCUT2D eigenvalue weighted by atomic mass is 79.9. The Morgan fingerprint density at radius 2 is 2.05 bits per heavy atom. The molecule has 6 nitrogen and oxygen atoms in total. The number of hydrogen-bond acceptors (Lipinski definition) is 4. The third-order valence-electron chi connectivity index (χ3n) is 2.53. The first-order chi connectivity index (χ1) is 9.27. The second-order valence-corrected chi connectivity index (χ2v) is 7.57. The Balaban J connectivity index is 2.77. The third kappa shape index (κ3) is 4.72. The summed E-state index contributed by atoms with van der Waals surface area (Å²) in [5.41, 5.74) is 6.24. The monoisotopic (exact) mass is 427 g/mol. The minimum atomic E-state index is -3.60. The van der Waals surface area contributed by atoms with Crippen molar-refractivity contribution in [1.29, 1.82) is 0 Å². The molecular weight excluding hydrogens is 414 g/mol. The molecule has 0 heterocycles. The van der Waals surface area contributed by atoms with Crippen molar-refractivity contribution in [2.45, 2.75) is 24.7 Å². The van der Waals surface area contributed by atoms with Gasteiger partial charge in [0.25, 0.3) is 0 Å². The highest BCUT2D eigenvalue weighted by Crippen LogP contribution is 2.28. The first-order valence-corrected chi connectivity index (χ1v) is 8.76. The first-order valence-electron chi connectivity index (χ1n) is 5.69. The van der Waals surface area contributed by atoms with Gasteiger partial charge < -0.3 is 10.9 Å². The van der Waals surface area contributed by atoms with Crippen LogP contribution in [0.25, 0.3) is 0 Å². The summed E-state index contributed by atoms with van der Waals surface area (Å²) in [5.74, 6) is 0.0726. The van der Waals surface area contributed by atoms with Crippen LogP contribution in [0.3, 0.4) is 0 Å². The molecule has 0 radical (unpaired) electrons. The number of sulfonamides is 1. The predicted molar refractivity (Wildman–Crippen MR) is 84.4 cm³/mol. The molecular formula is C11H15Br2N3O3S. The van der Waals surface area contributed by atoms with E-state index in [4.69, 9.17) is 10.9 Å². The lowest BCUT2D eigenvalue weighted by atomic mass is 10.2. The lowest BCUT2D eigenvalue weighted by Crippen LogP contribution is -2.26. The maximum absolute atomic E-state index is 12.2. The van der Waals surface area contributed by atoms with E-state index in [9.17, 15) is 8.42 Å². The standard InChI is InChI=1S/C11H15Br2N3O3S/c1-7-5-9(13)10(6-8(7)12)20(18,19)15-4-2-3-11(14)16-17/h5-6,15,17H,2-4H2,1H3,(H2,14,16). The lowest BCUT2D eigenvalue weighted by Gasteiger charge is -2.10. The normalized spacial score (nSPS) is 12.7. The van der Waals surface area contributed by atoms with Crippen molar-refractivity contribution >= 4 is 47.7 Å². The van der Waals surface area contributed by atoms with E-state index in [1.54, 1.807) is 12.1 Å². The summed E-state index contributed by atoms with van der Waals surface area (Å²) in [6.45, 7) is 2.08. The molecule has 0 aliphatic carbocycles. The summed E-state index contributed by atoms with van der Waals surface area (Å²) < 4.78 is 28.0. The van der Waals surface area contributed by atoms with Gasteiger partial charge in [-0.15, -0.1) is 0 Å². The van der Waals surface area contributed by atoms with E-state index < -0.39 is 10.0 Å². The van der Waals surface area contributed by atoms with Gasteiger partial charge in [0.2, 0.25) is 10.0 Å². The number of halogens is 2. The maximum Gasteiger partial charge on any atom is 0.241 e. The molecule has 4 N–H and O–H groups in total. The Morgan fingerprint density at radius 3 is 2.65 bits per heavy atom. The molecule has 1 aromatic carbocycles. The second-order valence-electron chi connectivity index (χ2n) is 4.12. The number of nitrogens with two attached hydrogens (primary N) is 1. The molecule has 0 aromatic heterocycles. The number of oxime groups is 1. The number of benzene rings is 1. The Labute approximate surface area is 134 Å². The quantitative estimate of drug-likeness (QED) is 0.212. The molecule has 0 saturated carbocycles. The third-order valence-corrected chi connectivity index (χ3v) is 5.81. The van der Waals surface area contributed by atoms with Crippen LogP contribution in [-0.4, -0.2) is 26.0 Å². The van der Waals surface area contributed by atoms with E-state index in [0.717, 1.165) is 10.0 Å². The molecule has 20 heavy (non-hydrogen) atoms. The van der Waals surface area contributed by atoms with Gasteiger partial charge in [-0.05, 0) is 47.0 Å². The highest BCUT2D eigenvalue weighted by molar-refractivity contribution is 9.11. The number of nitrogens with zero attached hydrogens (tertiary/aromatic N) is 1. The SMILES string of the molecule is Cc1cc(Br)c(S(=O)(=O)NCCC/C(N)=N/O)cc1Br. The number of nitrogens with one attached hydrogen (secondary N) is 1. The van der Waals surface area contributed by atoms with Crippen LogP contribution < -0.4 is 10.5 Å². The Morgan fingerprint density at radius 1 is 1.40 bits per heavy atom. The molecule has 0 atom stereocenters. The molecule has 0 spiro atoms. The Bertz CT molecular complexity index is 618. The number of hydrogen-bond donors (Lipinski definition) is 3. The smallest absolute Gasteiger partial charge is 0.241 e. The molecule has 0 aliphatic rings. The number of rotatable bonds is 6.